The van der Waals surface area contributed by atoms with Crippen LogP contribution in [0.1, 0.15) is 23.7 Å². The van der Waals surface area contributed by atoms with Crippen molar-refractivity contribution < 1.29 is 27.5 Å². The Morgan fingerprint density at radius 2 is 1.73 bits per heavy atom. The van der Waals surface area contributed by atoms with E-state index in [1.165, 1.54) is 30.3 Å². The molecule has 0 aliphatic carbocycles. The van der Waals surface area contributed by atoms with Crippen molar-refractivity contribution in [3.63, 3.8) is 0 Å². The molecule has 2 heterocycles. The monoisotopic (exact) mass is 637 g/mol. The van der Waals surface area contributed by atoms with Gasteiger partial charge >= 0.3 is 5.97 Å². The number of hydrogen-bond donors (Lipinski definition) is 3. The summed E-state index contributed by atoms with van der Waals surface area (Å²) >= 11 is 0. The molecule has 2 aromatic carbocycles. The summed E-state index contributed by atoms with van der Waals surface area (Å²) in [7, 11) is -4.08. The summed E-state index contributed by atoms with van der Waals surface area (Å²) < 4.78 is 41.2. The van der Waals surface area contributed by atoms with Crippen LogP contribution in [-0.4, -0.2) is 74.6 Å². The van der Waals surface area contributed by atoms with Gasteiger partial charge in [-0.25, -0.2) is 22.6 Å². The average molecular weight is 639 g/mol. The summed E-state index contributed by atoms with van der Waals surface area (Å²) in [4.78, 5) is 32.4. The zero-order valence-corrected chi connectivity index (χ0v) is 24.8. The lowest BCUT2D eigenvalue weighted by molar-refractivity contribution is -0.122. The summed E-state index contributed by atoms with van der Waals surface area (Å²) in [6.07, 6.45) is 0.874. The smallest absolute Gasteiger partial charge is 0.336 e. The lowest BCUT2D eigenvalue weighted by atomic mass is 10.1. The number of sulfonamides is 1. The van der Waals surface area contributed by atoms with Crippen LogP contribution in [0.15, 0.2) is 53.4 Å². The van der Waals surface area contributed by atoms with E-state index in [-0.39, 0.29) is 64.7 Å². The third kappa shape index (κ3) is 8.55. The third-order valence-corrected chi connectivity index (χ3v) is 7.40. The van der Waals surface area contributed by atoms with Crippen molar-refractivity contribution in [1.29, 1.82) is 0 Å². The maximum Gasteiger partial charge on any atom is 0.336 e. The number of amides is 1. The molecule has 1 fully saturated rings. The van der Waals surface area contributed by atoms with E-state index in [0.29, 0.717) is 50.6 Å². The van der Waals surface area contributed by atoms with Crippen LogP contribution in [-0.2, 0) is 14.8 Å². The molecule has 1 amide bonds. The van der Waals surface area contributed by atoms with E-state index in [9.17, 15) is 27.5 Å². The van der Waals surface area contributed by atoms with Gasteiger partial charge in [0.15, 0.2) is 0 Å². The van der Waals surface area contributed by atoms with Crippen LogP contribution in [0.5, 0.6) is 0 Å². The minimum absolute atomic E-state index is 0. The second-order valence-corrected chi connectivity index (χ2v) is 10.4. The minimum Gasteiger partial charge on any atom is -0.478 e. The molecule has 15 heteroatoms. The van der Waals surface area contributed by atoms with Crippen LogP contribution in [0.3, 0.4) is 0 Å². The van der Waals surface area contributed by atoms with Gasteiger partial charge in [-0.2, -0.15) is 0 Å². The van der Waals surface area contributed by atoms with Crippen molar-refractivity contribution in [2.45, 2.75) is 18.2 Å². The van der Waals surface area contributed by atoms with Gasteiger partial charge in [0.25, 0.3) is 10.0 Å². The SMILES string of the molecule is CCCNC(=O)CN1CCN(c2cc(C(=O)O)c3cc(NS(=O)(=O)c4cccc(F)c4)ccc3n2)CC1.Cl.Cl.Cl. The van der Waals surface area contributed by atoms with Gasteiger partial charge in [-0.15, -0.1) is 37.2 Å². The van der Waals surface area contributed by atoms with Gasteiger partial charge in [0.05, 0.1) is 22.5 Å². The number of nitrogens with one attached hydrogen (secondary N) is 2. The van der Waals surface area contributed by atoms with Crippen molar-refractivity contribution in [3.8, 4) is 0 Å². The van der Waals surface area contributed by atoms with Crippen LogP contribution in [0.4, 0.5) is 15.9 Å². The zero-order chi connectivity index (χ0) is 26.6. The molecule has 0 saturated carbocycles. The summed E-state index contributed by atoms with van der Waals surface area (Å²) in [5.74, 6) is -1.39. The molecule has 0 unspecified atom stereocenters. The van der Waals surface area contributed by atoms with Gasteiger partial charge in [-0.05, 0) is 48.9 Å². The number of carbonyl (C=O) groups is 2. The number of anilines is 2. The number of rotatable bonds is 9. The van der Waals surface area contributed by atoms with Crippen molar-refractivity contribution in [3.05, 3.63) is 59.9 Å². The van der Waals surface area contributed by atoms with Gasteiger partial charge in [0.1, 0.15) is 11.6 Å². The molecule has 1 aliphatic rings. The number of hydrogen-bond acceptors (Lipinski definition) is 7. The molecule has 10 nitrogen and oxygen atoms in total. The summed E-state index contributed by atoms with van der Waals surface area (Å²) in [5, 5.41) is 13.0. The molecule has 1 aromatic heterocycles. The Morgan fingerprint density at radius 3 is 2.35 bits per heavy atom. The Hall–Kier alpha value is -2.90. The maximum absolute atomic E-state index is 13.5. The predicted molar refractivity (Wildman–Crippen MR) is 160 cm³/mol. The number of aromatic nitrogens is 1. The Bertz CT molecular complexity index is 1440. The summed E-state index contributed by atoms with van der Waals surface area (Å²) in [6, 6.07) is 10.5. The average Bonchev–Trinajstić information content (AvgIpc) is 2.87. The van der Waals surface area contributed by atoms with E-state index >= 15 is 0 Å². The Kier molecular flexibility index (Phi) is 13.3. The first kappa shape index (κ1) is 35.1. The van der Waals surface area contributed by atoms with E-state index in [0.717, 1.165) is 18.6 Å². The Labute approximate surface area is 250 Å². The van der Waals surface area contributed by atoms with Gasteiger partial charge < -0.3 is 15.3 Å². The first-order chi connectivity index (χ1) is 17.7. The van der Waals surface area contributed by atoms with Crippen LogP contribution < -0.4 is 14.9 Å². The summed E-state index contributed by atoms with van der Waals surface area (Å²) in [5.41, 5.74) is 0.502. The third-order valence-electron chi connectivity index (χ3n) is 6.02. The van der Waals surface area contributed by atoms with Crippen molar-refractivity contribution in [2.75, 3.05) is 48.9 Å². The highest BCUT2D eigenvalue weighted by atomic mass is 35.5. The van der Waals surface area contributed by atoms with E-state index in [1.54, 1.807) is 6.07 Å². The lowest BCUT2D eigenvalue weighted by Gasteiger charge is -2.35. The first-order valence-corrected chi connectivity index (χ1v) is 13.3. The van der Waals surface area contributed by atoms with Crippen LogP contribution in [0.25, 0.3) is 10.9 Å². The van der Waals surface area contributed by atoms with E-state index in [4.69, 9.17) is 0 Å². The van der Waals surface area contributed by atoms with Gasteiger partial charge in [-0.3, -0.25) is 14.4 Å². The molecule has 3 aromatic rings. The number of halogens is 4. The molecule has 0 bridgehead atoms. The molecular formula is C25H31Cl3FN5O5S. The molecule has 3 N–H and O–H groups in total. The quantitative estimate of drug-likeness (QED) is 0.323. The number of carbonyl (C=O) groups excluding carboxylic acids is 1. The standard InChI is InChI=1S/C25H28FN5O5S.3ClH/c1-2-8-27-24(32)16-30-9-11-31(12-10-30)23-15-21(25(33)34)20-14-18(6-7-22(20)28-23)29-37(35,36)19-5-3-4-17(26)13-19;;;/h3-7,13-15,29H,2,8-12,16H2,1H3,(H,27,32)(H,33,34);3*1H. The minimum atomic E-state index is -4.08. The fourth-order valence-electron chi connectivity index (χ4n) is 4.12. The second kappa shape index (κ2) is 15.2. The van der Waals surface area contributed by atoms with Crippen molar-refractivity contribution in [2.24, 2.45) is 0 Å². The van der Waals surface area contributed by atoms with Crippen LogP contribution in [0, 0.1) is 5.82 Å². The number of fused-ring (bicyclic) bond motifs is 1. The van der Waals surface area contributed by atoms with E-state index in [1.807, 2.05) is 16.7 Å². The number of benzene rings is 2. The molecular weight excluding hydrogens is 608 g/mol. The molecule has 220 valence electrons. The number of nitrogens with zero attached hydrogens (tertiary/aromatic N) is 3. The number of carboxylic acid groups (broad SMARTS) is 1. The molecule has 0 radical (unpaired) electrons. The fraction of sp³-hybridized carbons (Fsp3) is 0.320. The first-order valence-electron chi connectivity index (χ1n) is 11.9. The second-order valence-electron chi connectivity index (χ2n) is 8.74. The number of carboxylic acids is 1. The number of piperazine rings is 1. The van der Waals surface area contributed by atoms with E-state index < -0.39 is 21.8 Å². The normalized spacial score (nSPS) is 13.4. The van der Waals surface area contributed by atoms with Crippen LogP contribution in [0.2, 0.25) is 0 Å². The lowest BCUT2D eigenvalue weighted by Crippen LogP contribution is -2.49. The van der Waals surface area contributed by atoms with Crippen LogP contribution >= 0.6 is 37.2 Å². The topological polar surface area (TPSA) is 132 Å². The van der Waals surface area contributed by atoms with Gasteiger partial charge in [0.2, 0.25) is 5.91 Å². The molecule has 4 rings (SSSR count). The Morgan fingerprint density at radius 1 is 1.02 bits per heavy atom. The largest absolute Gasteiger partial charge is 0.478 e. The highest BCUT2D eigenvalue weighted by Gasteiger charge is 2.23. The van der Waals surface area contributed by atoms with Gasteiger partial charge in [0, 0.05) is 43.8 Å². The molecule has 0 spiro atoms. The van der Waals surface area contributed by atoms with Crippen molar-refractivity contribution >= 4 is 81.5 Å². The maximum atomic E-state index is 13.5. The highest BCUT2D eigenvalue weighted by Crippen LogP contribution is 2.28. The number of pyridine rings is 1. The zero-order valence-electron chi connectivity index (χ0n) is 21.5. The summed E-state index contributed by atoms with van der Waals surface area (Å²) in [6.45, 7) is 5.35. The molecule has 40 heavy (non-hydrogen) atoms. The molecule has 0 atom stereocenters. The predicted octanol–water partition coefficient (Wildman–Crippen LogP) is 3.79. The highest BCUT2D eigenvalue weighted by molar-refractivity contribution is 7.92. The fourth-order valence-corrected chi connectivity index (χ4v) is 5.20. The van der Waals surface area contributed by atoms with Gasteiger partial charge in [-0.1, -0.05) is 13.0 Å². The number of aromatic carboxylic acids is 1. The molecule has 1 aliphatic heterocycles. The Balaban J connectivity index is 0.00000267. The van der Waals surface area contributed by atoms with Crippen molar-refractivity contribution in [1.82, 2.24) is 15.2 Å². The molecule has 1 saturated heterocycles. The van der Waals surface area contributed by atoms with E-state index in [2.05, 4.69) is 15.0 Å².